The second-order valence-corrected chi connectivity index (χ2v) is 5.61. The van der Waals surface area contributed by atoms with Gasteiger partial charge in [-0.3, -0.25) is 4.79 Å². The molecule has 5 nitrogen and oxygen atoms in total. The van der Waals surface area contributed by atoms with Crippen LogP contribution in [-0.4, -0.2) is 23.0 Å². The molecule has 3 aromatic carbocycles. The van der Waals surface area contributed by atoms with E-state index in [0.29, 0.717) is 5.56 Å². The summed E-state index contributed by atoms with van der Waals surface area (Å²) in [4.78, 5) is 12.3. The number of nitrogens with zero attached hydrogens (tertiary/aromatic N) is 2. The Morgan fingerprint density at radius 3 is 2.19 bits per heavy atom. The zero-order chi connectivity index (χ0) is 19.1. The van der Waals surface area contributed by atoms with E-state index in [1.54, 1.807) is 18.2 Å². The Labute approximate surface area is 155 Å². The lowest BCUT2D eigenvalue weighted by atomic mass is 10.0. The number of carbonyl (C=O) groups excluding carboxylic acids is 1. The first kappa shape index (κ1) is 18.0. The molecule has 0 aromatic heterocycles. The van der Waals surface area contributed by atoms with Gasteiger partial charge in [-0.1, -0.05) is 59.8 Å². The molecule has 6 heteroatoms. The number of rotatable bonds is 5. The van der Waals surface area contributed by atoms with Gasteiger partial charge < -0.3 is 5.21 Å². The fraction of sp³-hybridized carbons (Fsp3) is 0. The highest BCUT2D eigenvalue weighted by atomic mass is 19.1. The third kappa shape index (κ3) is 4.43. The van der Waals surface area contributed by atoms with Crippen LogP contribution in [0.1, 0.15) is 15.9 Å². The monoisotopic (exact) mass is 361 g/mol. The molecule has 0 aliphatic heterocycles. The number of amides is 1. The molecule has 0 spiro atoms. The molecule has 0 bridgehead atoms. The maximum Gasteiger partial charge on any atom is 0.271 e. The molecule has 0 atom stereocenters. The van der Waals surface area contributed by atoms with Crippen LogP contribution < -0.4 is 5.43 Å². The van der Waals surface area contributed by atoms with Gasteiger partial charge in [0, 0.05) is 11.1 Å². The SMILES string of the molecule is O=C(N/N=C(\C=N/O)c1ccccc1F)c1ccc(-c2ccccc2)cc1. The molecular formula is C21H16FN3O2. The minimum absolute atomic E-state index is 0.00939. The van der Waals surface area contributed by atoms with Crippen LogP contribution >= 0.6 is 0 Å². The average molecular weight is 361 g/mol. The van der Waals surface area contributed by atoms with Gasteiger partial charge in [0.15, 0.2) is 0 Å². The molecular weight excluding hydrogens is 345 g/mol. The lowest BCUT2D eigenvalue weighted by Crippen LogP contribution is -2.21. The molecule has 0 fully saturated rings. The van der Waals surface area contributed by atoms with Gasteiger partial charge in [0.05, 0.1) is 6.21 Å². The molecule has 0 saturated heterocycles. The predicted molar refractivity (Wildman–Crippen MR) is 103 cm³/mol. The van der Waals surface area contributed by atoms with E-state index in [4.69, 9.17) is 5.21 Å². The highest BCUT2D eigenvalue weighted by Crippen LogP contribution is 2.19. The molecule has 3 rings (SSSR count). The number of carbonyl (C=O) groups is 1. The van der Waals surface area contributed by atoms with Gasteiger partial charge in [-0.15, -0.1) is 0 Å². The number of hydrogen-bond donors (Lipinski definition) is 2. The van der Waals surface area contributed by atoms with Crippen LogP contribution in [0, 0.1) is 5.82 Å². The van der Waals surface area contributed by atoms with Crippen LogP contribution in [0.2, 0.25) is 0 Å². The molecule has 0 aliphatic rings. The second kappa shape index (κ2) is 8.53. The smallest absolute Gasteiger partial charge is 0.271 e. The van der Waals surface area contributed by atoms with E-state index in [1.165, 1.54) is 18.2 Å². The number of oxime groups is 1. The molecule has 0 unspecified atom stereocenters. The Morgan fingerprint density at radius 2 is 1.52 bits per heavy atom. The second-order valence-electron chi connectivity index (χ2n) is 5.61. The molecule has 1 amide bonds. The van der Waals surface area contributed by atoms with Gasteiger partial charge in [-0.25, -0.2) is 9.82 Å². The molecule has 0 aliphatic carbocycles. The van der Waals surface area contributed by atoms with E-state index < -0.39 is 11.7 Å². The van der Waals surface area contributed by atoms with Gasteiger partial charge in [-0.2, -0.15) is 5.10 Å². The normalized spacial score (nSPS) is 11.5. The van der Waals surface area contributed by atoms with Crippen molar-refractivity contribution in [2.24, 2.45) is 10.3 Å². The summed E-state index contributed by atoms with van der Waals surface area (Å²) in [6.07, 6.45) is 0.956. The van der Waals surface area contributed by atoms with E-state index in [1.807, 2.05) is 42.5 Å². The number of benzene rings is 3. The number of halogens is 1. The molecule has 0 saturated carbocycles. The van der Waals surface area contributed by atoms with Gasteiger partial charge in [0.1, 0.15) is 11.5 Å². The summed E-state index contributed by atoms with van der Waals surface area (Å²) in [5.41, 5.74) is 4.87. The van der Waals surface area contributed by atoms with E-state index in [0.717, 1.165) is 17.3 Å². The van der Waals surface area contributed by atoms with E-state index in [2.05, 4.69) is 15.7 Å². The summed E-state index contributed by atoms with van der Waals surface area (Å²) in [5.74, 6) is -1.01. The molecule has 0 heterocycles. The summed E-state index contributed by atoms with van der Waals surface area (Å²) >= 11 is 0. The van der Waals surface area contributed by atoms with Crippen LogP contribution in [0.25, 0.3) is 11.1 Å². The maximum absolute atomic E-state index is 13.9. The van der Waals surface area contributed by atoms with Crippen molar-refractivity contribution in [2.45, 2.75) is 0 Å². The number of nitrogens with one attached hydrogen (secondary N) is 1. The Kier molecular flexibility index (Phi) is 5.69. The third-order valence-electron chi connectivity index (χ3n) is 3.86. The molecule has 2 N–H and O–H groups in total. The topological polar surface area (TPSA) is 74.0 Å². The summed E-state index contributed by atoms with van der Waals surface area (Å²) in [6, 6.07) is 22.7. The van der Waals surface area contributed by atoms with Gasteiger partial charge in [0.25, 0.3) is 5.91 Å². The van der Waals surface area contributed by atoms with Gasteiger partial charge in [-0.05, 0) is 35.4 Å². The lowest BCUT2D eigenvalue weighted by molar-refractivity contribution is 0.0955. The fourth-order valence-electron chi connectivity index (χ4n) is 2.50. The molecule has 134 valence electrons. The average Bonchev–Trinajstić information content (AvgIpc) is 2.72. The minimum atomic E-state index is -0.544. The zero-order valence-corrected chi connectivity index (χ0v) is 14.2. The first-order valence-electron chi connectivity index (χ1n) is 8.15. The third-order valence-corrected chi connectivity index (χ3v) is 3.86. The van der Waals surface area contributed by atoms with E-state index in [-0.39, 0.29) is 11.3 Å². The van der Waals surface area contributed by atoms with Crippen LogP contribution in [0.5, 0.6) is 0 Å². The summed E-state index contributed by atoms with van der Waals surface area (Å²) in [7, 11) is 0. The first-order valence-corrected chi connectivity index (χ1v) is 8.15. The Bertz CT molecular complexity index is 984. The van der Waals surface area contributed by atoms with E-state index in [9.17, 15) is 9.18 Å². The molecule has 27 heavy (non-hydrogen) atoms. The fourth-order valence-corrected chi connectivity index (χ4v) is 2.50. The number of hydrazone groups is 1. The zero-order valence-electron chi connectivity index (χ0n) is 14.2. The lowest BCUT2D eigenvalue weighted by Gasteiger charge is -2.05. The summed E-state index contributed by atoms with van der Waals surface area (Å²) in [5, 5.41) is 15.5. The predicted octanol–water partition coefficient (Wildman–Crippen LogP) is 4.09. The standard InChI is InChI=1S/C21H16FN3O2/c22-19-9-5-4-8-18(19)20(14-23-27)24-25-21(26)17-12-10-16(11-13-17)15-6-2-1-3-7-15/h1-14,27H,(H,25,26)/b23-14-,24-20+. The van der Waals surface area contributed by atoms with Crippen molar-refractivity contribution >= 4 is 17.8 Å². The van der Waals surface area contributed by atoms with Crippen molar-refractivity contribution in [2.75, 3.05) is 0 Å². The highest BCUT2D eigenvalue weighted by Gasteiger charge is 2.10. The van der Waals surface area contributed by atoms with Crippen molar-refractivity contribution in [3.8, 4) is 11.1 Å². The van der Waals surface area contributed by atoms with Gasteiger partial charge in [0.2, 0.25) is 0 Å². The Balaban J connectivity index is 1.78. The van der Waals surface area contributed by atoms with Crippen molar-refractivity contribution < 1.29 is 14.4 Å². The van der Waals surface area contributed by atoms with Crippen molar-refractivity contribution in [3.05, 3.63) is 95.8 Å². The summed E-state index contributed by atoms with van der Waals surface area (Å²) in [6.45, 7) is 0. The van der Waals surface area contributed by atoms with Crippen LogP contribution in [0.15, 0.2) is 89.1 Å². The number of hydrogen-bond acceptors (Lipinski definition) is 4. The van der Waals surface area contributed by atoms with E-state index >= 15 is 0 Å². The van der Waals surface area contributed by atoms with Crippen LogP contribution in [-0.2, 0) is 0 Å². The first-order chi connectivity index (χ1) is 13.2. The van der Waals surface area contributed by atoms with Gasteiger partial charge >= 0.3 is 0 Å². The largest absolute Gasteiger partial charge is 0.411 e. The van der Waals surface area contributed by atoms with Crippen LogP contribution in [0.3, 0.4) is 0 Å². The molecule has 0 radical (unpaired) electrons. The maximum atomic E-state index is 13.9. The van der Waals surface area contributed by atoms with Crippen LogP contribution in [0.4, 0.5) is 4.39 Å². The quantitative estimate of drug-likeness (QED) is 0.408. The molecule has 3 aromatic rings. The summed E-state index contributed by atoms with van der Waals surface area (Å²) < 4.78 is 13.9. The Hall–Kier alpha value is -3.80. The van der Waals surface area contributed by atoms with Crippen molar-refractivity contribution in [3.63, 3.8) is 0 Å². The Morgan fingerprint density at radius 1 is 0.889 bits per heavy atom. The minimum Gasteiger partial charge on any atom is -0.411 e. The van der Waals surface area contributed by atoms with Crippen molar-refractivity contribution in [1.29, 1.82) is 0 Å². The highest BCUT2D eigenvalue weighted by molar-refractivity contribution is 6.38. The van der Waals surface area contributed by atoms with Crippen molar-refractivity contribution in [1.82, 2.24) is 5.43 Å².